The number of hydrogen-bond donors (Lipinski definition) is 0. The van der Waals surface area contributed by atoms with Gasteiger partial charge in [0.1, 0.15) is 0 Å². The lowest BCUT2D eigenvalue weighted by molar-refractivity contribution is -0.0717. The molecule has 0 aromatic heterocycles. The average molecular weight is 318 g/mol. The summed E-state index contributed by atoms with van der Waals surface area (Å²) in [5.41, 5.74) is -0.451. The lowest BCUT2D eigenvalue weighted by atomic mass is 9.87. The molecule has 0 aromatic rings. The molecule has 128 valence electrons. The van der Waals surface area contributed by atoms with E-state index in [1.54, 1.807) is 0 Å². The summed E-state index contributed by atoms with van der Waals surface area (Å²) in [4.78, 5) is 0. The summed E-state index contributed by atoms with van der Waals surface area (Å²) in [7, 11) is 0. The lowest BCUT2D eigenvalue weighted by Crippen LogP contribution is -2.36. The number of ether oxygens (including phenoxy) is 3. The molecule has 0 fully saturated rings. The minimum Gasteiger partial charge on any atom is -0.377 e. The maximum absolute atomic E-state index is 5.99. The highest BCUT2D eigenvalue weighted by atomic mass is 16.6. The van der Waals surface area contributed by atoms with Gasteiger partial charge in [0.25, 0.3) is 0 Å². The van der Waals surface area contributed by atoms with Crippen molar-refractivity contribution >= 4 is 0 Å². The van der Waals surface area contributed by atoms with Gasteiger partial charge in [-0.3, -0.25) is 0 Å². The van der Waals surface area contributed by atoms with Crippen LogP contribution in [0.4, 0.5) is 0 Å². The third-order valence-electron chi connectivity index (χ3n) is 4.97. The molecule has 0 aromatic carbocycles. The van der Waals surface area contributed by atoms with Crippen LogP contribution in [0.3, 0.4) is 0 Å². The van der Waals surface area contributed by atoms with Gasteiger partial charge in [0.15, 0.2) is 0 Å². The van der Waals surface area contributed by atoms with E-state index >= 15 is 0 Å². The minimum atomic E-state index is -0.225. The summed E-state index contributed by atoms with van der Waals surface area (Å²) in [6.07, 6.45) is 16.8. The predicted molar refractivity (Wildman–Crippen MR) is 94.4 cm³/mol. The van der Waals surface area contributed by atoms with Gasteiger partial charge in [0.05, 0.1) is 37.6 Å². The summed E-state index contributed by atoms with van der Waals surface area (Å²) in [5.74, 6) is 0.756. The van der Waals surface area contributed by atoms with Crippen LogP contribution < -0.4 is 0 Å². The molecule has 0 spiro atoms. The topological polar surface area (TPSA) is 27.7 Å². The fourth-order valence-corrected chi connectivity index (χ4v) is 2.74. The van der Waals surface area contributed by atoms with Crippen LogP contribution in [0.2, 0.25) is 0 Å². The largest absolute Gasteiger partial charge is 0.377 e. The van der Waals surface area contributed by atoms with Gasteiger partial charge in [0.2, 0.25) is 0 Å². The van der Waals surface area contributed by atoms with Gasteiger partial charge in [-0.15, -0.1) is 0 Å². The van der Waals surface area contributed by atoms with E-state index in [1.807, 2.05) is 12.2 Å². The third-order valence-corrected chi connectivity index (χ3v) is 4.97. The SMILES string of the molecule is CC1C=CC=CC1(C)OCCOCCOC1(C)C=CC=CC1C. The van der Waals surface area contributed by atoms with Crippen molar-refractivity contribution in [1.29, 1.82) is 0 Å². The molecule has 2 aliphatic carbocycles. The predicted octanol–water partition coefficient (Wildman–Crippen LogP) is 4.08. The fourth-order valence-electron chi connectivity index (χ4n) is 2.74. The van der Waals surface area contributed by atoms with Gasteiger partial charge in [-0.1, -0.05) is 62.5 Å². The van der Waals surface area contributed by atoms with E-state index in [-0.39, 0.29) is 11.2 Å². The van der Waals surface area contributed by atoms with Crippen LogP contribution >= 0.6 is 0 Å². The Kier molecular flexibility index (Phi) is 6.40. The molecular weight excluding hydrogens is 288 g/mol. The van der Waals surface area contributed by atoms with E-state index in [0.29, 0.717) is 38.3 Å². The highest BCUT2D eigenvalue weighted by Crippen LogP contribution is 2.28. The molecule has 0 N–H and O–H groups in total. The molecule has 3 heteroatoms. The zero-order valence-electron chi connectivity index (χ0n) is 14.8. The van der Waals surface area contributed by atoms with Crippen LogP contribution in [-0.4, -0.2) is 37.6 Å². The van der Waals surface area contributed by atoms with Crippen LogP contribution in [0.5, 0.6) is 0 Å². The molecule has 23 heavy (non-hydrogen) atoms. The first-order chi connectivity index (χ1) is 11.0. The van der Waals surface area contributed by atoms with Crippen molar-refractivity contribution in [1.82, 2.24) is 0 Å². The first-order valence-corrected chi connectivity index (χ1v) is 8.54. The maximum Gasteiger partial charge on any atom is 0.0898 e. The number of hydrogen-bond acceptors (Lipinski definition) is 3. The van der Waals surface area contributed by atoms with Crippen molar-refractivity contribution in [3.8, 4) is 0 Å². The minimum absolute atomic E-state index is 0.225. The maximum atomic E-state index is 5.99. The standard InChI is InChI=1S/C20H30O3/c1-17-9-5-7-11-19(17,3)22-15-13-21-14-16-23-20(4)12-8-6-10-18(20)2/h5-12,17-18H,13-16H2,1-4H3. The quantitative estimate of drug-likeness (QED) is 0.631. The molecule has 0 radical (unpaired) electrons. The molecule has 4 unspecified atom stereocenters. The molecule has 4 atom stereocenters. The molecular formula is C20H30O3. The van der Waals surface area contributed by atoms with Gasteiger partial charge >= 0.3 is 0 Å². The summed E-state index contributed by atoms with van der Waals surface area (Å²) < 4.78 is 17.6. The Bertz CT molecular complexity index is 447. The molecule has 0 saturated heterocycles. The molecule has 0 bridgehead atoms. The van der Waals surface area contributed by atoms with E-state index in [1.165, 1.54) is 0 Å². The lowest BCUT2D eigenvalue weighted by Gasteiger charge is -2.33. The van der Waals surface area contributed by atoms with Crippen LogP contribution in [0, 0.1) is 11.8 Å². The zero-order valence-corrected chi connectivity index (χ0v) is 14.8. The summed E-state index contributed by atoms with van der Waals surface area (Å²) >= 11 is 0. The first-order valence-electron chi connectivity index (χ1n) is 8.54. The Labute approximate surface area is 140 Å². The van der Waals surface area contributed by atoms with Gasteiger partial charge in [-0.05, 0) is 13.8 Å². The Morgan fingerprint density at radius 1 is 0.696 bits per heavy atom. The Hall–Kier alpha value is -1.16. The molecule has 0 saturated carbocycles. The summed E-state index contributed by atoms with van der Waals surface area (Å²) in [6, 6.07) is 0. The zero-order chi connectivity index (χ0) is 16.8. The van der Waals surface area contributed by atoms with E-state index in [4.69, 9.17) is 14.2 Å². The molecule has 3 nitrogen and oxygen atoms in total. The number of allylic oxidation sites excluding steroid dienone is 4. The summed E-state index contributed by atoms with van der Waals surface area (Å²) in [5, 5.41) is 0. The van der Waals surface area contributed by atoms with Gasteiger partial charge in [-0.25, -0.2) is 0 Å². The molecule has 0 heterocycles. The Balaban J connectivity index is 1.58. The monoisotopic (exact) mass is 318 g/mol. The molecule has 2 aliphatic rings. The second-order valence-corrected chi connectivity index (χ2v) is 6.74. The van der Waals surface area contributed by atoms with Crippen molar-refractivity contribution in [2.24, 2.45) is 11.8 Å². The second-order valence-electron chi connectivity index (χ2n) is 6.74. The molecule has 2 rings (SSSR count). The normalized spacial score (nSPS) is 35.8. The van der Waals surface area contributed by atoms with Gasteiger partial charge in [-0.2, -0.15) is 0 Å². The van der Waals surface area contributed by atoms with E-state index in [9.17, 15) is 0 Å². The van der Waals surface area contributed by atoms with E-state index in [0.717, 1.165) is 0 Å². The fraction of sp³-hybridized carbons (Fsp3) is 0.600. The summed E-state index contributed by atoms with van der Waals surface area (Å²) in [6.45, 7) is 10.9. The number of rotatable bonds is 8. The van der Waals surface area contributed by atoms with E-state index in [2.05, 4.69) is 64.2 Å². The van der Waals surface area contributed by atoms with Crippen LogP contribution in [0.15, 0.2) is 48.6 Å². The highest BCUT2D eigenvalue weighted by molar-refractivity contribution is 5.20. The first kappa shape index (κ1) is 18.2. The van der Waals surface area contributed by atoms with Crippen molar-refractivity contribution in [3.05, 3.63) is 48.6 Å². The van der Waals surface area contributed by atoms with Crippen LogP contribution in [-0.2, 0) is 14.2 Å². The van der Waals surface area contributed by atoms with E-state index < -0.39 is 0 Å². The molecule has 0 aliphatic heterocycles. The van der Waals surface area contributed by atoms with Gasteiger partial charge < -0.3 is 14.2 Å². The smallest absolute Gasteiger partial charge is 0.0898 e. The second kappa shape index (κ2) is 8.09. The van der Waals surface area contributed by atoms with Crippen molar-refractivity contribution in [2.75, 3.05) is 26.4 Å². The Morgan fingerprint density at radius 2 is 1.13 bits per heavy atom. The average Bonchev–Trinajstić information content (AvgIpc) is 2.53. The van der Waals surface area contributed by atoms with Crippen molar-refractivity contribution in [3.63, 3.8) is 0 Å². The van der Waals surface area contributed by atoms with Crippen molar-refractivity contribution in [2.45, 2.75) is 38.9 Å². The van der Waals surface area contributed by atoms with Gasteiger partial charge in [0, 0.05) is 11.8 Å². The third kappa shape index (κ3) is 4.90. The van der Waals surface area contributed by atoms with Crippen molar-refractivity contribution < 1.29 is 14.2 Å². The van der Waals surface area contributed by atoms with Crippen LogP contribution in [0.1, 0.15) is 27.7 Å². The highest BCUT2D eigenvalue weighted by Gasteiger charge is 2.29. The molecule has 0 amide bonds. The van der Waals surface area contributed by atoms with Crippen LogP contribution in [0.25, 0.3) is 0 Å². The Morgan fingerprint density at radius 3 is 1.52 bits per heavy atom.